The van der Waals surface area contributed by atoms with E-state index < -0.39 is 0 Å². The second kappa shape index (κ2) is 9.36. The van der Waals surface area contributed by atoms with Crippen LogP contribution in [-0.4, -0.2) is 45.9 Å². The van der Waals surface area contributed by atoms with Crippen LogP contribution in [0.3, 0.4) is 0 Å². The van der Waals surface area contributed by atoms with Gasteiger partial charge in [0.05, 0.1) is 11.7 Å². The minimum Gasteiger partial charge on any atom is -0.442 e. The van der Waals surface area contributed by atoms with Gasteiger partial charge in [0.15, 0.2) is 12.2 Å². The smallest absolute Gasteiger partial charge is 0.228 e. The van der Waals surface area contributed by atoms with Gasteiger partial charge in [-0.25, -0.2) is 15.0 Å². The van der Waals surface area contributed by atoms with Gasteiger partial charge in [-0.2, -0.15) is 0 Å². The van der Waals surface area contributed by atoms with Crippen LogP contribution in [0.15, 0.2) is 41.4 Å². The van der Waals surface area contributed by atoms with Crippen LogP contribution in [0.4, 0.5) is 5.82 Å². The van der Waals surface area contributed by atoms with Gasteiger partial charge in [0.2, 0.25) is 5.91 Å². The van der Waals surface area contributed by atoms with E-state index in [2.05, 4.69) is 32.2 Å². The van der Waals surface area contributed by atoms with E-state index >= 15 is 0 Å². The first-order valence-electron chi connectivity index (χ1n) is 11.8. The van der Waals surface area contributed by atoms with Crippen molar-refractivity contribution in [3.05, 3.63) is 37.0 Å². The molecule has 32 heavy (non-hydrogen) atoms. The Balaban J connectivity index is 1.17. The molecule has 3 aromatic heterocycles. The lowest BCUT2D eigenvalue weighted by atomic mass is 9.76. The highest BCUT2D eigenvalue weighted by molar-refractivity contribution is 5.93. The van der Waals surface area contributed by atoms with Crippen molar-refractivity contribution in [2.75, 3.05) is 25.5 Å². The number of carbonyl (C=O) groups is 1. The molecule has 1 saturated heterocycles. The zero-order chi connectivity index (χ0) is 21.9. The molecule has 0 spiro atoms. The number of oxazole rings is 1. The zero-order valence-corrected chi connectivity index (χ0v) is 18.7. The summed E-state index contributed by atoms with van der Waals surface area (Å²) in [5, 5.41) is 3.95. The van der Waals surface area contributed by atoms with Crippen molar-refractivity contribution in [3.63, 3.8) is 0 Å². The number of likely N-dealkylation sites (tertiary alicyclic amines) is 1. The molecule has 0 atom stereocenters. The number of nitrogens with one attached hydrogen (secondary N) is 1. The highest BCUT2D eigenvalue weighted by Gasteiger charge is 2.29. The summed E-state index contributed by atoms with van der Waals surface area (Å²) < 4.78 is 5.34. The number of pyridine rings is 2. The molecule has 4 heterocycles. The maximum atomic E-state index is 12.9. The van der Waals surface area contributed by atoms with Gasteiger partial charge in [0, 0.05) is 23.6 Å². The van der Waals surface area contributed by atoms with Crippen LogP contribution in [0.5, 0.6) is 0 Å². The predicted octanol–water partition coefficient (Wildman–Crippen LogP) is 4.76. The van der Waals surface area contributed by atoms with Crippen molar-refractivity contribution >= 4 is 22.6 Å². The molecule has 0 aromatic carbocycles. The van der Waals surface area contributed by atoms with E-state index in [4.69, 9.17) is 4.42 Å². The van der Waals surface area contributed by atoms with Gasteiger partial charge in [-0.3, -0.25) is 4.79 Å². The van der Waals surface area contributed by atoms with Crippen LogP contribution in [-0.2, 0) is 4.79 Å². The van der Waals surface area contributed by atoms with Gasteiger partial charge >= 0.3 is 0 Å². The molecular weight excluding hydrogens is 402 g/mol. The Labute approximate surface area is 188 Å². The fraction of sp³-hybridized carbons (Fsp3) is 0.520. The van der Waals surface area contributed by atoms with Crippen molar-refractivity contribution in [2.24, 2.45) is 17.8 Å². The summed E-state index contributed by atoms with van der Waals surface area (Å²) >= 11 is 0. The average Bonchev–Trinajstić information content (AvgIpc) is 3.36. The van der Waals surface area contributed by atoms with E-state index in [0.29, 0.717) is 17.3 Å². The summed E-state index contributed by atoms with van der Waals surface area (Å²) in [6.07, 6.45) is 13.1. The van der Waals surface area contributed by atoms with Crippen molar-refractivity contribution in [1.82, 2.24) is 19.9 Å². The Kier molecular flexibility index (Phi) is 6.17. The molecule has 5 rings (SSSR count). The van der Waals surface area contributed by atoms with Gasteiger partial charge in [0.25, 0.3) is 0 Å². The number of carbonyl (C=O) groups excluding carboxylic acids is 1. The third-order valence-electron chi connectivity index (χ3n) is 7.23. The maximum Gasteiger partial charge on any atom is 0.228 e. The van der Waals surface area contributed by atoms with Gasteiger partial charge in [0.1, 0.15) is 11.5 Å². The molecule has 0 radical (unpaired) electrons. The van der Waals surface area contributed by atoms with Crippen LogP contribution in [0.25, 0.3) is 22.4 Å². The summed E-state index contributed by atoms with van der Waals surface area (Å²) in [6.45, 7) is 2.46. The standard InChI is InChI=1S/C25H31N5O2/c1-30-10-8-18(9-11-30)12-17-2-4-19(5-3-17)25(31)29-24-13-22-20(14-27-24)6-7-21(28-22)23-15-26-16-32-23/h6-7,13-19H,2-5,8-12H2,1H3,(H,27,29,31)/t17-,19-. The molecule has 3 aromatic rings. The third kappa shape index (κ3) is 4.83. The summed E-state index contributed by atoms with van der Waals surface area (Å²) in [5.41, 5.74) is 1.48. The minimum atomic E-state index is 0.0784. The van der Waals surface area contributed by atoms with Gasteiger partial charge in [-0.15, -0.1) is 0 Å². The molecule has 1 aliphatic carbocycles. The van der Waals surface area contributed by atoms with Crippen LogP contribution in [0, 0.1) is 17.8 Å². The normalized spacial score (nSPS) is 22.8. The van der Waals surface area contributed by atoms with Gasteiger partial charge in [-0.1, -0.05) is 0 Å². The Hall–Kier alpha value is -2.80. The topological polar surface area (TPSA) is 84.2 Å². The highest BCUT2D eigenvalue weighted by Crippen LogP contribution is 2.35. The Morgan fingerprint density at radius 1 is 1.09 bits per heavy atom. The SMILES string of the molecule is CN1CCC(C[C@H]2CC[C@H](C(=O)Nc3cc4nc(-c5cnco5)ccc4cn3)CC2)CC1. The first-order chi connectivity index (χ1) is 15.6. The molecule has 0 unspecified atom stereocenters. The van der Waals surface area contributed by atoms with E-state index in [9.17, 15) is 4.79 Å². The van der Waals surface area contributed by atoms with Crippen LogP contribution < -0.4 is 5.32 Å². The molecule has 7 nitrogen and oxygen atoms in total. The minimum absolute atomic E-state index is 0.0784. The zero-order valence-electron chi connectivity index (χ0n) is 18.7. The molecule has 2 fully saturated rings. The average molecular weight is 434 g/mol. The van der Waals surface area contributed by atoms with E-state index in [0.717, 1.165) is 48.4 Å². The molecule has 7 heteroatoms. The quantitative estimate of drug-likeness (QED) is 0.624. The second-order valence-corrected chi connectivity index (χ2v) is 9.51. The number of aromatic nitrogens is 3. The number of fused-ring (bicyclic) bond motifs is 1. The highest BCUT2D eigenvalue weighted by atomic mass is 16.3. The number of piperidine rings is 1. The number of rotatable bonds is 5. The first kappa shape index (κ1) is 21.1. The van der Waals surface area contributed by atoms with Crippen LogP contribution in [0.1, 0.15) is 44.9 Å². The molecule has 168 valence electrons. The molecular formula is C25H31N5O2. The Morgan fingerprint density at radius 3 is 2.62 bits per heavy atom. The lowest BCUT2D eigenvalue weighted by molar-refractivity contribution is -0.121. The number of hydrogen-bond donors (Lipinski definition) is 1. The fourth-order valence-corrected chi connectivity index (χ4v) is 5.22. The van der Waals surface area contributed by atoms with Crippen molar-refractivity contribution in [2.45, 2.75) is 44.9 Å². The van der Waals surface area contributed by atoms with E-state index in [1.54, 1.807) is 12.4 Å². The largest absolute Gasteiger partial charge is 0.442 e. The summed E-state index contributed by atoms with van der Waals surface area (Å²) in [4.78, 5) is 28.3. The predicted molar refractivity (Wildman–Crippen MR) is 124 cm³/mol. The Bertz CT molecular complexity index is 1050. The fourth-order valence-electron chi connectivity index (χ4n) is 5.22. The van der Waals surface area contributed by atoms with Crippen LogP contribution in [0.2, 0.25) is 0 Å². The molecule has 1 saturated carbocycles. The third-order valence-corrected chi connectivity index (χ3v) is 7.23. The van der Waals surface area contributed by atoms with Crippen molar-refractivity contribution in [1.29, 1.82) is 0 Å². The lowest BCUT2D eigenvalue weighted by Crippen LogP contribution is -2.32. The Morgan fingerprint density at radius 2 is 1.88 bits per heavy atom. The van der Waals surface area contributed by atoms with Crippen molar-refractivity contribution < 1.29 is 9.21 Å². The first-order valence-corrected chi connectivity index (χ1v) is 11.8. The molecule has 0 bridgehead atoms. The number of anilines is 1. The van der Waals surface area contributed by atoms with E-state index in [-0.39, 0.29) is 11.8 Å². The molecule has 1 aliphatic heterocycles. The molecule has 2 aliphatic rings. The van der Waals surface area contributed by atoms with Crippen LogP contribution >= 0.6 is 0 Å². The number of nitrogens with zero attached hydrogens (tertiary/aromatic N) is 4. The lowest BCUT2D eigenvalue weighted by Gasteiger charge is -2.34. The van der Waals surface area contributed by atoms with Gasteiger partial charge in [-0.05, 0) is 89.1 Å². The second-order valence-electron chi connectivity index (χ2n) is 9.51. The van der Waals surface area contributed by atoms with E-state index in [1.807, 2.05) is 18.2 Å². The monoisotopic (exact) mass is 433 g/mol. The summed E-state index contributed by atoms with van der Waals surface area (Å²) in [7, 11) is 2.22. The molecule has 1 N–H and O–H groups in total. The van der Waals surface area contributed by atoms with Crippen molar-refractivity contribution in [3.8, 4) is 11.5 Å². The summed E-state index contributed by atoms with van der Waals surface area (Å²) in [6, 6.07) is 5.66. The van der Waals surface area contributed by atoms with E-state index in [1.165, 1.54) is 38.7 Å². The molecule has 1 amide bonds. The maximum absolute atomic E-state index is 12.9. The summed E-state index contributed by atoms with van der Waals surface area (Å²) in [5.74, 6) is 2.99. The number of amides is 1. The number of hydrogen-bond acceptors (Lipinski definition) is 6. The van der Waals surface area contributed by atoms with Gasteiger partial charge < -0.3 is 14.6 Å².